The van der Waals surface area contributed by atoms with Gasteiger partial charge in [-0.25, -0.2) is 9.67 Å². The molecule has 0 bridgehead atoms. The number of aromatic nitrogens is 3. The molecular weight excluding hydrogens is 342 g/mol. The van der Waals surface area contributed by atoms with Crippen molar-refractivity contribution in [3.63, 3.8) is 0 Å². The van der Waals surface area contributed by atoms with Crippen molar-refractivity contribution in [3.8, 4) is 11.4 Å². The molecule has 6 heteroatoms. The van der Waals surface area contributed by atoms with Crippen molar-refractivity contribution in [1.29, 1.82) is 0 Å². The van der Waals surface area contributed by atoms with Gasteiger partial charge in [0.1, 0.15) is 11.4 Å². The van der Waals surface area contributed by atoms with Gasteiger partial charge in [0.15, 0.2) is 17.7 Å². The van der Waals surface area contributed by atoms with E-state index in [4.69, 9.17) is 0 Å². The zero-order chi connectivity index (χ0) is 19.0. The zero-order valence-corrected chi connectivity index (χ0v) is 14.5. The third-order valence-electron chi connectivity index (χ3n) is 4.38. The summed E-state index contributed by atoms with van der Waals surface area (Å²) in [5.41, 5.74) is 2.25. The van der Waals surface area contributed by atoms with Crippen LogP contribution in [0.4, 0.5) is 0 Å². The van der Waals surface area contributed by atoms with Crippen LogP contribution in [0.25, 0.3) is 16.7 Å². The minimum Gasteiger partial charge on any atom is -0.507 e. The Bertz CT molecular complexity index is 1180. The SMILES string of the molecule is Cc1nn(-c2ccccc2)c2nc(C=O)c(C(=O)c3ccccc3O)cc12. The molecule has 0 aliphatic heterocycles. The third-order valence-corrected chi connectivity index (χ3v) is 4.38. The fourth-order valence-electron chi connectivity index (χ4n) is 3.03. The maximum Gasteiger partial charge on any atom is 0.199 e. The third kappa shape index (κ3) is 2.77. The number of ketones is 1. The van der Waals surface area contributed by atoms with Crippen LogP contribution in [0.2, 0.25) is 0 Å². The molecule has 132 valence electrons. The van der Waals surface area contributed by atoms with Gasteiger partial charge < -0.3 is 5.11 Å². The van der Waals surface area contributed by atoms with E-state index >= 15 is 0 Å². The number of fused-ring (bicyclic) bond motifs is 1. The number of pyridine rings is 1. The molecule has 2 aromatic heterocycles. The van der Waals surface area contributed by atoms with Gasteiger partial charge in [-0.1, -0.05) is 30.3 Å². The van der Waals surface area contributed by atoms with Crippen molar-refractivity contribution in [2.75, 3.05) is 0 Å². The van der Waals surface area contributed by atoms with E-state index in [0.717, 1.165) is 5.69 Å². The van der Waals surface area contributed by atoms with Crippen LogP contribution in [-0.2, 0) is 0 Å². The molecule has 0 aliphatic carbocycles. The van der Waals surface area contributed by atoms with Crippen molar-refractivity contribution < 1.29 is 14.7 Å². The fraction of sp³-hybridized carbons (Fsp3) is 0.0476. The molecule has 0 saturated heterocycles. The molecule has 0 atom stereocenters. The number of aryl methyl sites for hydroxylation is 1. The number of carbonyl (C=O) groups is 2. The number of benzene rings is 2. The summed E-state index contributed by atoms with van der Waals surface area (Å²) in [5.74, 6) is -0.604. The number of para-hydroxylation sites is 2. The minimum absolute atomic E-state index is 0.00725. The Kier molecular flexibility index (Phi) is 4.01. The highest BCUT2D eigenvalue weighted by molar-refractivity contribution is 6.15. The van der Waals surface area contributed by atoms with Crippen molar-refractivity contribution in [2.45, 2.75) is 6.92 Å². The van der Waals surface area contributed by atoms with E-state index in [-0.39, 0.29) is 22.6 Å². The Hall–Kier alpha value is -3.80. The normalized spacial score (nSPS) is 10.9. The van der Waals surface area contributed by atoms with Crippen LogP contribution >= 0.6 is 0 Å². The van der Waals surface area contributed by atoms with E-state index in [1.54, 1.807) is 22.9 Å². The summed E-state index contributed by atoms with van der Waals surface area (Å²) in [4.78, 5) is 28.9. The minimum atomic E-state index is -0.462. The Balaban J connectivity index is 1.94. The lowest BCUT2D eigenvalue weighted by Crippen LogP contribution is -2.08. The molecule has 0 aliphatic rings. The number of carbonyl (C=O) groups excluding carboxylic acids is 2. The van der Waals surface area contributed by atoms with Crippen molar-refractivity contribution in [3.05, 3.63) is 83.2 Å². The van der Waals surface area contributed by atoms with E-state index in [9.17, 15) is 14.7 Å². The molecule has 4 rings (SSSR count). The topological polar surface area (TPSA) is 85.1 Å². The van der Waals surface area contributed by atoms with E-state index in [0.29, 0.717) is 23.0 Å². The Morgan fingerprint density at radius 3 is 2.44 bits per heavy atom. The van der Waals surface area contributed by atoms with Gasteiger partial charge in [-0.05, 0) is 37.3 Å². The molecule has 0 amide bonds. The highest BCUT2D eigenvalue weighted by Gasteiger charge is 2.21. The number of aldehydes is 1. The summed E-state index contributed by atoms with van der Waals surface area (Å²) in [5, 5.41) is 15.2. The van der Waals surface area contributed by atoms with Crippen LogP contribution < -0.4 is 0 Å². The summed E-state index contributed by atoms with van der Waals surface area (Å²) in [6, 6.07) is 17.3. The summed E-state index contributed by atoms with van der Waals surface area (Å²) in [6.45, 7) is 1.82. The van der Waals surface area contributed by atoms with E-state index in [1.807, 2.05) is 37.3 Å². The van der Waals surface area contributed by atoms with Crippen LogP contribution in [0.3, 0.4) is 0 Å². The molecule has 2 heterocycles. The second kappa shape index (κ2) is 6.49. The standard InChI is InChI=1S/C21H15N3O3/c1-13-16-11-17(20(27)15-9-5-6-10-19(15)26)18(12-25)22-21(16)24(23-13)14-7-3-2-4-8-14/h2-12,26H,1H3. The highest BCUT2D eigenvalue weighted by Crippen LogP contribution is 2.26. The van der Waals surface area contributed by atoms with Gasteiger partial charge in [0.25, 0.3) is 0 Å². The molecular formula is C21H15N3O3. The van der Waals surface area contributed by atoms with Gasteiger partial charge in [-0.2, -0.15) is 5.10 Å². The smallest absolute Gasteiger partial charge is 0.199 e. The number of hydrogen-bond acceptors (Lipinski definition) is 5. The predicted octanol–water partition coefficient (Wildman–Crippen LogP) is 3.48. The van der Waals surface area contributed by atoms with Crippen LogP contribution in [0.1, 0.15) is 32.1 Å². The number of phenolic OH excluding ortho intramolecular Hbond substituents is 1. The first-order valence-electron chi connectivity index (χ1n) is 8.34. The van der Waals surface area contributed by atoms with E-state index in [2.05, 4.69) is 10.1 Å². The molecule has 6 nitrogen and oxygen atoms in total. The lowest BCUT2D eigenvalue weighted by atomic mass is 10.00. The number of hydrogen-bond donors (Lipinski definition) is 1. The summed E-state index contributed by atoms with van der Waals surface area (Å²) >= 11 is 0. The molecule has 1 N–H and O–H groups in total. The average Bonchev–Trinajstić information content (AvgIpc) is 3.03. The monoisotopic (exact) mass is 357 g/mol. The summed E-state index contributed by atoms with van der Waals surface area (Å²) in [7, 11) is 0. The second-order valence-electron chi connectivity index (χ2n) is 6.09. The van der Waals surface area contributed by atoms with Crippen LogP contribution in [-0.4, -0.2) is 31.9 Å². The number of aromatic hydroxyl groups is 1. The van der Waals surface area contributed by atoms with Gasteiger partial charge >= 0.3 is 0 Å². The lowest BCUT2D eigenvalue weighted by Gasteiger charge is -2.07. The van der Waals surface area contributed by atoms with E-state index in [1.165, 1.54) is 12.1 Å². The molecule has 0 radical (unpaired) electrons. The Morgan fingerprint density at radius 2 is 1.74 bits per heavy atom. The van der Waals surface area contributed by atoms with Crippen molar-refractivity contribution in [2.24, 2.45) is 0 Å². The van der Waals surface area contributed by atoms with Crippen LogP contribution in [0.5, 0.6) is 5.75 Å². The number of phenols is 1. The van der Waals surface area contributed by atoms with Crippen molar-refractivity contribution >= 4 is 23.1 Å². The van der Waals surface area contributed by atoms with Gasteiger partial charge in [0, 0.05) is 5.39 Å². The first-order valence-corrected chi connectivity index (χ1v) is 8.34. The Labute approximate surface area is 154 Å². The maximum atomic E-state index is 12.9. The van der Waals surface area contributed by atoms with Crippen LogP contribution in [0.15, 0.2) is 60.7 Å². The molecule has 4 aromatic rings. The first-order chi connectivity index (χ1) is 13.1. The fourth-order valence-corrected chi connectivity index (χ4v) is 3.03. The van der Waals surface area contributed by atoms with Crippen molar-refractivity contribution in [1.82, 2.24) is 14.8 Å². The maximum absolute atomic E-state index is 12.9. The molecule has 0 saturated carbocycles. The first kappa shape index (κ1) is 16.7. The van der Waals surface area contributed by atoms with E-state index < -0.39 is 5.78 Å². The predicted molar refractivity (Wildman–Crippen MR) is 101 cm³/mol. The Morgan fingerprint density at radius 1 is 1.04 bits per heavy atom. The summed E-state index contributed by atoms with van der Waals surface area (Å²) < 4.78 is 1.64. The molecule has 0 fully saturated rings. The van der Waals surface area contributed by atoms with Crippen LogP contribution in [0, 0.1) is 6.92 Å². The number of nitrogens with zero attached hydrogens (tertiary/aromatic N) is 3. The van der Waals surface area contributed by atoms with Gasteiger partial charge in [-0.3, -0.25) is 9.59 Å². The van der Waals surface area contributed by atoms with Gasteiger partial charge in [0.05, 0.1) is 22.5 Å². The summed E-state index contributed by atoms with van der Waals surface area (Å²) in [6.07, 6.45) is 0.546. The molecule has 0 unspecified atom stereocenters. The average molecular weight is 357 g/mol. The molecule has 0 spiro atoms. The zero-order valence-electron chi connectivity index (χ0n) is 14.5. The number of rotatable bonds is 4. The highest BCUT2D eigenvalue weighted by atomic mass is 16.3. The quantitative estimate of drug-likeness (QED) is 0.446. The van der Waals surface area contributed by atoms with Gasteiger partial charge in [-0.15, -0.1) is 0 Å². The van der Waals surface area contributed by atoms with Gasteiger partial charge in [0.2, 0.25) is 0 Å². The molecule has 2 aromatic carbocycles. The largest absolute Gasteiger partial charge is 0.507 e. The second-order valence-corrected chi connectivity index (χ2v) is 6.09. The lowest BCUT2D eigenvalue weighted by molar-refractivity contribution is 0.102. The molecule has 27 heavy (non-hydrogen) atoms.